The molecule has 0 N–H and O–H groups in total. The number of hydrogen-bond acceptors (Lipinski definition) is 3. The van der Waals surface area contributed by atoms with Crippen molar-refractivity contribution in [2.24, 2.45) is 10.9 Å². The third-order valence-electron chi connectivity index (χ3n) is 2.59. The number of benzene rings is 1. The quantitative estimate of drug-likeness (QED) is 0.686. The Labute approximate surface area is 88.8 Å². The molecule has 1 unspecified atom stereocenters. The van der Waals surface area contributed by atoms with Gasteiger partial charge in [0.1, 0.15) is 5.92 Å². The molecule has 1 aliphatic rings. The Bertz CT molecular complexity index is 384. The number of nitrogens with zero attached hydrogens (tertiary/aromatic N) is 1. The van der Waals surface area contributed by atoms with Crippen LogP contribution in [-0.2, 0) is 9.53 Å². The molecule has 1 aromatic rings. The second-order valence-corrected chi connectivity index (χ2v) is 3.50. The highest BCUT2D eigenvalue weighted by Crippen LogP contribution is 2.20. The van der Waals surface area contributed by atoms with Gasteiger partial charge in [0, 0.05) is 6.54 Å². The van der Waals surface area contributed by atoms with Crippen LogP contribution in [0, 0.1) is 5.92 Å². The molecule has 1 aromatic carbocycles. The van der Waals surface area contributed by atoms with Crippen LogP contribution in [0.1, 0.15) is 12.0 Å². The van der Waals surface area contributed by atoms with E-state index in [0.717, 1.165) is 17.7 Å². The molecule has 1 aliphatic heterocycles. The van der Waals surface area contributed by atoms with Gasteiger partial charge in [0.15, 0.2) is 0 Å². The Kier molecular flexibility index (Phi) is 2.81. The van der Waals surface area contributed by atoms with E-state index in [2.05, 4.69) is 4.99 Å². The lowest BCUT2D eigenvalue weighted by atomic mass is 9.96. The number of hydrogen-bond donors (Lipinski definition) is 0. The van der Waals surface area contributed by atoms with E-state index in [1.54, 1.807) is 0 Å². The predicted molar refractivity (Wildman–Crippen MR) is 58.0 cm³/mol. The van der Waals surface area contributed by atoms with Crippen LogP contribution in [0.25, 0.3) is 0 Å². The van der Waals surface area contributed by atoms with Gasteiger partial charge in [0.2, 0.25) is 0 Å². The Morgan fingerprint density at radius 3 is 2.80 bits per heavy atom. The summed E-state index contributed by atoms with van der Waals surface area (Å²) in [7, 11) is 1.42. The molecule has 1 atom stereocenters. The summed E-state index contributed by atoms with van der Waals surface area (Å²) in [6, 6.07) is 9.79. The number of aliphatic imine (C=N–C) groups is 1. The second-order valence-electron chi connectivity index (χ2n) is 3.50. The van der Waals surface area contributed by atoms with Crippen LogP contribution < -0.4 is 0 Å². The van der Waals surface area contributed by atoms with E-state index >= 15 is 0 Å². The first-order valence-corrected chi connectivity index (χ1v) is 5.00. The number of carbonyl (C=O) groups excluding carboxylic acids is 1. The van der Waals surface area contributed by atoms with Gasteiger partial charge >= 0.3 is 5.97 Å². The highest BCUT2D eigenvalue weighted by atomic mass is 16.5. The van der Waals surface area contributed by atoms with Gasteiger partial charge in [-0.05, 0) is 12.0 Å². The lowest BCUT2D eigenvalue weighted by Crippen LogP contribution is -2.22. The highest BCUT2D eigenvalue weighted by Gasteiger charge is 2.29. The van der Waals surface area contributed by atoms with Crippen molar-refractivity contribution >= 4 is 11.7 Å². The molecule has 1 heterocycles. The van der Waals surface area contributed by atoms with Crippen LogP contribution in [0.2, 0.25) is 0 Å². The molecule has 3 nitrogen and oxygen atoms in total. The Balaban J connectivity index is 2.26. The van der Waals surface area contributed by atoms with Crippen molar-refractivity contribution in [1.82, 2.24) is 0 Å². The number of methoxy groups -OCH3 is 1. The predicted octanol–water partition coefficient (Wildman–Crippen LogP) is 1.67. The SMILES string of the molecule is COC(=O)C1CCN=C1c1ccccc1. The fourth-order valence-electron chi connectivity index (χ4n) is 1.83. The standard InChI is InChI=1S/C12H13NO2/c1-15-12(14)10-7-8-13-11(10)9-5-3-2-4-6-9/h2-6,10H,7-8H2,1H3. The van der Waals surface area contributed by atoms with Crippen molar-refractivity contribution < 1.29 is 9.53 Å². The Morgan fingerprint density at radius 2 is 2.13 bits per heavy atom. The minimum Gasteiger partial charge on any atom is -0.469 e. The zero-order chi connectivity index (χ0) is 10.7. The molecule has 0 aromatic heterocycles. The summed E-state index contributed by atoms with van der Waals surface area (Å²) in [5.74, 6) is -0.368. The van der Waals surface area contributed by atoms with Gasteiger partial charge in [-0.1, -0.05) is 30.3 Å². The topological polar surface area (TPSA) is 38.7 Å². The Morgan fingerprint density at radius 1 is 1.40 bits per heavy atom. The lowest BCUT2D eigenvalue weighted by Gasteiger charge is -2.10. The summed E-state index contributed by atoms with van der Waals surface area (Å²) >= 11 is 0. The van der Waals surface area contributed by atoms with E-state index in [0.29, 0.717) is 6.54 Å². The molecule has 0 amide bonds. The van der Waals surface area contributed by atoms with Gasteiger partial charge < -0.3 is 4.74 Å². The van der Waals surface area contributed by atoms with Gasteiger partial charge in [-0.25, -0.2) is 0 Å². The summed E-state index contributed by atoms with van der Waals surface area (Å²) in [4.78, 5) is 15.9. The fourth-order valence-corrected chi connectivity index (χ4v) is 1.83. The Hall–Kier alpha value is -1.64. The third-order valence-corrected chi connectivity index (χ3v) is 2.59. The van der Waals surface area contributed by atoms with E-state index in [-0.39, 0.29) is 11.9 Å². The maximum Gasteiger partial charge on any atom is 0.314 e. The molecule has 0 fully saturated rings. The van der Waals surface area contributed by atoms with Gasteiger partial charge in [-0.15, -0.1) is 0 Å². The van der Waals surface area contributed by atoms with E-state index in [1.165, 1.54) is 7.11 Å². The van der Waals surface area contributed by atoms with Crippen LogP contribution in [0.3, 0.4) is 0 Å². The summed E-state index contributed by atoms with van der Waals surface area (Å²) < 4.78 is 4.77. The minimum absolute atomic E-state index is 0.183. The zero-order valence-electron chi connectivity index (χ0n) is 8.64. The van der Waals surface area contributed by atoms with Crippen molar-refractivity contribution in [2.75, 3.05) is 13.7 Å². The van der Waals surface area contributed by atoms with Crippen LogP contribution in [0.5, 0.6) is 0 Å². The van der Waals surface area contributed by atoms with Crippen molar-refractivity contribution in [3.05, 3.63) is 35.9 Å². The molecular weight excluding hydrogens is 190 g/mol. The van der Waals surface area contributed by atoms with Crippen LogP contribution in [0.15, 0.2) is 35.3 Å². The third kappa shape index (κ3) is 1.91. The maximum absolute atomic E-state index is 11.5. The largest absolute Gasteiger partial charge is 0.469 e. The average molecular weight is 203 g/mol. The van der Waals surface area contributed by atoms with Gasteiger partial charge in [0.25, 0.3) is 0 Å². The van der Waals surface area contributed by atoms with Crippen molar-refractivity contribution in [3.8, 4) is 0 Å². The molecule has 0 aliphatic carbocycles. The second kappa shape index (κ2) is 4.26. The number of rotatable bonds is 2. The van der Waals surface area contributed by atoms with E-state index in [1.807, 2.05) is 30.3 Å². The molecule has 2 rings (SSSR count). The summed E-state index contributed by atoms with van der Waals surface area (Å²) in [5.41, 5.74) is 1.88. The van der Waals surface area contributed by atoms with Crippen LogP contribution >= 0.6 is 0 Å². The maximum atomic E-state index is 11.5. The molecule has 15 heavy (non-hydrogen) atoms. The smallest absolute Gasteiger partial charge is 0.314 e. The minimum atomic E-state index is -0.185. The number of ether oxygens (including phenoxy) is 1. The van der Waals surface area contributed by atoms with Crippen LogP contribution in [0.4, 0.5) is 0 Å². The molecule has 0 saturated heterocycles. The molecule has 3 heteroatoms. The monoisotopic (exact) mass is 203 g/mol. The van der Waals surface area contributed by atoms with E-state index in [9.17, 15) is 4.79 Å². The molecule has 0 bridgehead atoms. The first-order valence-electron chi connectivity index (χ1n) is 5.00. The van der Waals surface area contributed by atoms with Gasteiger partial charge in [0.05, 0.1) is 12.8 Å². The molecule has 78 valence electrons. The van der Waals surface area contributed by atoms with Crippen molar-refractivity contribution in [1.29, 1.82) is 0 Å². The normalized spacial score (nSPS) is 19.8. The van der Waals surface area contributed by atoms with Gasteiger partial charge in [-0.2, -0.15) is 0 Å². The highest BCUT2D eigenvalue weighted by molar-refractivity contribution is 6.12. The summed E-state index contributed by atoms with van der Waals surface area (Å²) in [5, 5.41) is 0. The van der Waals surface area contributed by atoms with E-state index in [4.69, 9.17) is 4.74 Å². The first kappa shape index (κ1) is 9.90. The van der Waals surface area contributed by atoms with Crippen molar-refractivity contribution in [2.45, 2.75) is 6.42 Å². The number of esters is 1. The first-order chi connectivity index (χ1) is 7.33. The zero-order valence-corrected chi connectivity index (χ0v) is 8.64. The number of carbonyl (C=O) groups is 1. The molecule has 0 spiro atoms. The lowest BCUT2D eigenvalue weighted by molar-refractivity contribution is -0.142. The van der Waals surface area contributed by atoms with Crippen LogP contribution in [-0.4, -0.2) is 25.3 Å². The fraction of sp³-hybridized carbons (Fsp3) is 0.333. The van der Waals surface area contributed by atoms with Crippen molar-refractivity contribution in [3.63, 3.8) is 0 Å². The molecular formula is C12H13NO2. The molecule has 0 radical (unpaired) electrons. The summed E-state index contributed by atoms with van der Waals surface area (Å²) in [6.07, 6.45) is 0.761. The van der Waals surface area contributed by atoms with Gasteiger partial charge in [-0.3, -0.25) is 9.79 Å². The molecule has 0 saturated carbocycles. The van der Waals surface area contributed by atoms with E-state index < -0.39 is 0 Å². The average Bonchev–Trinajstić information content (AvgIpc) is 2.78. The summed E-state index contributed by atoms with van der Waals surface area (Å²) in [6.45, 7) is 0.712.